The lowest BCUT2D eigenvalue weighted by Crippen LogP contribution is -2.47. The van der Waals surface area contributed by atoms with Crippen molar-refractivity contribution in [2.45, 2.75) is 64.8 Å². The molecule has 6 nitrogen and oxygen atoms in total. The molecule has 144 valence electrons. The predicted molar refractivity (Wildman–Crippen MR) is 107 cm³/mol. The molecule has 3 unspecified atom stereocenters. The molecule has 27 heavy (non-hydrogen) atoms. The molecule has 2 aromatic rings. The highest BCUT2D eigenvalue weighted by Gasteiger charge is 2.41. The fraction of sp³-hybridized carbons (Fsp3) is 0.524. The van der Waals surface area contributed by atoms with Crippen LogP contribution in [0.4, 0.5) is 0 Å². The molecule has 0 radical (unpaired) electrons. The van der Waals surface area contributed by atoms with Crippen LogP contribution in [0.5, 0.6) is 0 Å². The molecule has 2 fully saturated rings. The summed E-state index contributed by atoms with van der Waals surface area (Å²) in [5.41, 5.74) is 4.40. The van der Waals surface area contributed by atoms with E-state index in [1.54, 1.807) is 0 Å². The van der Waals surface area contributed by atoms with Gasteiger partial charge in [0.2, 0.25) is 0 Å². The molecule has 2 N–H and O–H groups in total. The number of guanidine groups is 1. The second-order valence-corrected chi connectivity index (χ2v) is 7.52. The van der Waals surface area contributed by atoms with Crippen molar-refractivity contribution < 1.29 is 4.74 Å². The Bertz CT molecular complexity index is 828. The first-order chi connectivity index (χ1) is 13.1. The zero-order valence-corrected chi connectivity index (χ0v) is 16.4. The highest BCUT2D eigenvalue weighted by Crippen LogP contribution is 2.34. The van der Waals surface area contributed by atoms with E-state index in [4.69, 9.17) is 9.73 Å². The van der Waals surface area contributed by atoms with Crippen molar-refractivity contribution in [3.8, 4) is 5.69 Å². The van der Waals surface area contributed by atoms with Crippen molar-refractivity contribution in [1.29, 1.82) is 0 Å². The Morgan fingerprint density at radius 3 is 2.81 bits per heavy atom. The van der Waals surface area contributed by atoms with E-state index in [2.05, 4.69) is 59.9 Å². The minimum absolute atomic E-state index is 0.334. The Balaban J connectivity index is 1.52. The van der Waals surface area contributed by atoms with Crippen molar-refractivity contribution in [3.63, 3.8) is 0 Å². The summed E-state index contributed by atoms with van der Waals surface area (Å²) >= 11 is 0. The Hall–Kier alpha value is -2.34. The van der Waals surface area contributed by atoms with E-state index in [0.29, 0.717) is 24.8 Å². The summed E-state index contributed by atoms with van der Waals surface area (Å²) in [6.45, 7) is 7.64. The predicted octanol–water partition coefficient (Wildman–Crippen LogP) is 2.86. The summed E-state index contributed by atoms with van der Waals surface area (Å²) in [6.07, 6.45) is 4.20. The maximum absolute atomic E-state index is 5.96. The molecule has 0 amide bonds. The number of hydrogen-bond acceptors (Lipinski definition) is 3. The molecule has 0 aliphatic carbocycles. The molecule has 1 aromatic heterocycles. The number of nitrogens with zero attached hydrogens (tertiary/aromatic N) is 3. The average Bonchev–Trinajstić information content (AvgIpc) is 3.36. The van der Waals surface area contributed by atoms with Gasteiger partial charge >= 0.3 is 0 Å². The van der Waals surface area contributed by atoms with Crippen LogP contribution in [-0.2, 0) is 11.3 Å². The van der Waals surface area contributed by atoms with Crippen LogP contribution >= 0.6 is 0 Å². The monoisotopic (exact) mass is 367 g/mol. The number of rotatable bonds is 5. The Labute approximate surface area is 161 Å². The highest BCUT2D eigenvalue weighted by molar-refractivity contribution is 5.80. The average molecular weight is 367 g/mol. The largest absolute Gasteiger partial charge is 0.373 e. The van der Waals surface area contributed by atoms with Crippen LogP contribution in [0.2, 0.25) is 0 Å². The molecule has 2 saturated heterocycles. The van der Waals surface area contributed by atoms with Gasteiger partial charge in [-0.1, -0.05) is 18.2 Å². The van der Waals surface area contributed by atoms with Crippen LogP contribution in [0.25, 0.3) is 5.69 Å². The van der Waals surface area contributed by atoms with E-state index in [0.717, 1.165) is 48.0 Å². The zero-order valence-electron chi connectivity index (χ0n) is 16.4. The van der Waals surface area contributed by atoms with E-state index < -0.39 is 0 Å². The maximum Gasteiger partial charge on any atom is 0.191 e. The molecule has 2 aliphatic rings. The third kappa shape index (κ3) is 3.86. The van der Waals surface area contributed by atoms with Gasteiger partial charge in [0.15, 0.2) is 5.96 Å². The Kier molecular flexibility index (Phi) is 5.16. The number of para-hydroxylation sites is 1. The molecule has 3 atom stereocenters. The number of hydrogen-bond donors (Lipinski definition) is 2. The number of ether oxygens (including phenoxy) is 1. The number of nitrogens with one attached hydrogen (secondary N) is 2. The van der Waals surface area contributed by atoms with Crippen molar-refractivity contribution >= 4 is 5.96 Å². The molecule has 4 rings (SSSR count). The zero-order chi connectivity index (χ0) is 18.8. The van der Waals surface area contributed by atoms with Crippen molar-refractivity contribution in [2.75, 3.05) is 6.54 Å². The lowest BCUT2D eigenvalue weighted by Gasteiger charge is -2.22. The lowest BCUT2D eigenvalue weighted by atomic mass is 9.96. The van der Waals surface area contributed by atoms with Gasteiger partial charge in [0.25, 0.3) is 0 Å². The second kappa shape index (κ2) is 7.72. The summed E-state index contributed by atoms with van der Waals surface area (Å²) in [4.78, 5) is 4.85. The first-order valence-corrected chi connectivity index (χ1v) is 9.96. The Morgan fingerprint density at radius 2 is 2.15 bits per heavy atom. The highest BCUT2D eigenvalue weighted by atomic mass is 16.5. The van der Waals surface area contributed by atoms with Gasteiger partial charge in [-0.15, -0.1) is 0 Å². The van der Waals surface area contributed by atoms with Gasteiger partial charge in [-0.2, -0.15) is 5.10 Å². The molecule has 2 bridgehead atoms. The molecule has 2 aliphatic heterocycles. The van der Waals surface area contributed by atoms with Crippen LogP contribution in [0, 0.1) is 13.8 Å². The van der Waals surface area contributed by atoms with E-state index in [1.807, 2.05) is 11.6 Å². The summed E-state index contributed by atoms with van der Waals surface area (Å²) in [5, 5.41) is 11.6. The van der Waals surface area contributed by atoms with Crippen molar-refractivity contribution in [1.82, 2.24) is 20.4 Å². The van der Waals surface area contributed by atoms with Crippen LogP contribution in [-0.4, -0.2) is 40.5 Å². The number of fused-ring (bicyclic) bond motifs is 2. The molecule has 3 heterocycles. The number of aromatic nitrogens is 2. The molecule has 0 saturated carbocycles. The van der Waals surface area contributed by atoms with Gasteiger partial charge in [0.05, 0.1) is 36.2 Å². The van der Waals surface area contributed by atoms with Gasteiger partial charge < -0.3 is 15.4 Å². The normalized spacial score (nSPS) is 24.4. The van der Waals surface area contributed by atoms with Gasteiger partial charge in [0.1, 0.15) is 0 Å². The third-order valence-electron chi connectivity index (χ3n) is 5.41. The molecule has 1 aromatic carbocycles. The number of benzene rings is 1. The fourth-order valence-corrected chi connectivity index (χ4v) is 4.17. The van der Waals surface area contributed by atoms with Gasteiger partial charge in [-0.25, -0.2) is 9.67 Å². The van der Waals surface area contributed by atoms with Crippen molar-refractivity contribution in [2.24, 2.45) is 4.99 Å². The van der Waals surface area contributed by atoms with E-state index in [-0.39, 0.29) is 0 Å². The molecule has 6 heteroatoms. The SMILES string of the molecule is CCNC(=NCc1ccccc1-n1nc(C)cc1C)NC1CC2CCC1O2. The first kappa shape index (κ1) is 18.0. The van der Waals surface area contributed by atoms with Crippen LogP contribution < -0.4 is 10.6 Å². The molecule has 0 spiro atoms. The molecular formula is C21H29N5O. The Morgan fingerprint density at radius 1 is 1.30 bits per heavy atom. The standard InChI is InChI=1S/C21H29N5O/c1-4-22-21(24-18-12-17-9-10-20(18)27-17)23-13-16-7-5-6-8-19(16)26-15(3)11-14(2)25-26/h5-8,11,17-18,20H,4,9-10,12-13H2,1-3H3,(H2,22,23,24). The maximum atomic E-state index is 5.96. The van der Waals surface area contributed by atoms with Gasteiger partial charge in [-0.3, -0.25) is 0 Å². The summed E-state index contributed by atoms with van der Waals surface area (Å²) in [5.74, 6) is 0.863. The van der Waals surface area contributed by atoms with E-state index in [1.165, 1.54) is 6.42 Å². The summed E-state index contributed by atoms with van der Waals surface area (Å²) in [7, 11) is 0. The minimum Gasteiger partial charge on any atom is -0.373 e. The van der Waals surface area contributed by atoms with Gasteiger partial charge in [0, 0.05) is 12.2 Å². The van der Waals surface area contributed by atoms with E-state index in [9.17, 15) is 0 Å². The third-order valence-corrected chi connectivity index (χ3v) is 5.41. The van der Waals surface area contributed by atoms with Crippen LogP contribution in [0.3, 0.4) is 0 Å². The lowest BCUT2D eigenvalue weighted by molar-refractivity contribution is 0.0992. The topological polar surface area (TPSA) is 63.5 Å². The van der Waals surface area contributed by atoms with Crippen LogP contribution in [0.15, 0.2) is 35.3 Å². The molecular weight excluding hydrogens is 338 g/mol. The fourth-order valence-electron chi connectivity index (χ4n) is 4.17. The second-order valence-electron chi connectivity index (χ2n) is 7.52. The first-order valence-electron chi connectivity index (χ1n) is 9.96. The van der Waals surface area contributed by atoms with Crippen molar-refractivity contribution in [3.05, 3.63) is 47.3 Å². The summed E-state index contributed by atoms with van der Waals surface area (Å²) in [6, 6.07) is 10.8. The quantitative estimate of drug-likeness (QED) is 0.630. The van der Waals surface area contributed by atoms with Gasteiger partial charge in [-0.05, 0) is 57.7 Å². The summed E-state index contributed by atoms with van der Waals surface area (Å²) < 4.78 is 7.97. The smallest absolute Gasteiger partial charge is 0.191 e. The number of aryl methyl sites for hydroxylation is 2. The van der Waals surface area contributed by atoms with E-state index >= 15 is 0 Å². The van der Waals surface area contributed by atoms with Crippen LogP contribution in [0.1, 0.15) is 43.1 Å². The minimum atomic E-state index is 0.334. The number of aliphatic imine (C=N–C) groups is 1.